The molecule has 0 aliphatic heterocycles. The lowest BCUT2D eigenvalue weighted by Crippen LogP contribution is -2.47. The lowest BCUT2D eigenvalue weighted by Gasteiger charge is -2.20. The number of carboxylic acids is 1. The van der Waals surface area contributed by atoms with Crippen LogP contribution in [0.2, 0.25) is 0 Å². The predicted molar refractivity (Wildman–Crippen MR) is 62.8 cm³/mol. The van der Waals surface area contributed by atoms with Gasteiger partial charge in [0.15, 0.2) is 5.78 Å². The van der Waals surface area contributed by atoms with Gasteiger partial charge in [-0.3, -0.25) is 9.59 Å². The molecule has 0 radical (unpaired) electrons. The molecule has 3 N–H and O–H groups in total. The molecule has 0 aliphatic rings. The first-order valence-corrected chi connectivity index (χ1v) is 5.50. The summed E-state index contributed by atoms with van der Waals surface area (Å²) in [5.74, 6) is -1.09. The number of amides is 2. The van der Waals surface area contributed by atoms with E-state index in [1.807, 2.05) is 20.8 Å². The maximum atomic E-state index is 11.3. The molecule has 98 valence electrons. The molecule has 0 aromatic heterocycles. The fourth-order valence-corrected chi connectivity index (χ4v) is 1.09. The number of hydrogen-bond acceptors (Lipinski definition) is 3. The highest BCUT2D eigenvalue weighted by atomic mass is 16.4. The van der Waals surface area contributed by atoms with Crippen LogP contribution >= 0.6 is 0 Å². The maximum absolute atomic E-state index is 11.3. The fourth-order valence-electron chi connectivity index (χ4n) is 1.09. The van der Waals surface area contributed by atoms with E-state index in [0.29, 0.717) is 6.42 Å². The SMILES string of the molecule is CC(C)(C)NC(=O)NCC(=O)CCCC(=O)O. The summed E-state index contributed by atoms with van der Waals surface area (Å²) in [6, 6.07) is -0.399. The number of Topliss-reactive ketones (excluding diaryl/α,β-unsaturated/α-hetero) is 1. The van der Waals surface area contributed by atoms with Gasteiger partial charge in [0, 0.05) is 18.4 Å². The maximum Gasteiger partial charge on any atom is 0.315 e. The Labute approximate surface area is 101 Å². The van der Waals surface area contributed by atoms with E-state index in [2.05, 4.69) is 10.6 Å². The Morgan fingerprint density at radius 2 is 1.71 bits per heavy atom. The van der Waals surface area contributed by atoms with E-state index in [9.17, 15) is 14.4 Å². The molecule has 6 heteroatoms. The predicted octanol–water partition coefficient (Wildman–Crippen LogP) is 0.908. The van der Waals surface area contributed by atoms with E-state index < -0.39 is 12.0 Å². The summed E-state index contributed by atoms with van der Waals surface area (Å²) in [6.45, 7) is 5.44. The van der Waals surface area contributed by atoms with E-state index in [4.69, 9.17) is 5.11 Å². The first-order valence-electron chi connectivity index (χ1n) is 5.50. The van der Waals surface area contributed by atoms with Crippen molar-refractivity contribution in [2.75, 3.05) is 6.54 Å². The number of urea groups is 1. The van der Waals surface area contributed by atoms with Gasteiger partial charge in [0.05, 0.1) is 6.54 Å². The van der Waals surface area contributed by atoms with Crippen LogP contribution in [0.15, 0.2) is 0 Å². The highest BCUT2D eigenvalue weighted by molar-refractivity contribution is 5.85. The summed E-state index contributed by atoms with van der Waals surface area (Å²) in [7, 11) is 0. The van der Waals surface area contributed by atoms with Gasteiger partial charge in [-0.25, -0.2) is 4.79 Å². The minimum Gasteiger partial charge on any atom is -0.481 e. The zero-order chi connectivity index (χ0) is 13.5. The number of carboxylic acid groups (broad SMARTS) is 1. The van der Waals surface area contributed by atoms with Gasteiger partial charge >= 0.3 is 12.0 Å². The molecular formula is C11H20N2O4. The number of aliphatic carboxylic acids is 1. The van der Waals surface area contributed by atoms with E-state index in [1.165, 1.54) is 0 Å². The molecule has 0 heterocycles. The molecular weight excluding hydrogens is 224 g/mol. The molecule has 0 bridgehead atoms. The lowest BCUT2D eigenvalue weighted by atomic mass is 10.1. The van der Waals surface area contributed by atoms with Gasteiger partial charge in [-0.15, -0.1) is 0 Å². The van der Waals surface area contributed by atoms with Crippen LogP contribution < -0.4 is 10.6 Å². The minimum atomic E-state index is -0.920. The van der Waals surface area contributed by atoms with Crippen molar-refractivity contribution in [3.63, 3.8) is 0 Å². The second-order valence-corrected chi connectivity index (χ2v) is 4.84. The Balaban J connectivity index is 3.70. The quantitative estimate of drug-likeness (QED) is 0.647. The smallest absolute Gasteiger partial charge is 0.315 e. The Hall–Kier alpha value is -1.59. The number of carbonyl (C=O) groups excluding carboxylic acids is 2. The van der Waals surface area contributed by atoms with Crippen molar-refractivity contribution in [2.24, 2.45) is 0 Å². The molecule has 6 nitrogen and oxygen atoms in total. The second kappa shape index (κ2) is 6.88. The molecule has 0 unspecified atom stereocenters. The van der Waals surface area contributed by atoms with Crippen LogP contribution in [0.3, 0.4) is 0 Å². The third kappa shape index (κ3) is 10.7. The molecule has 0 fully saturated rings. The van der Waals surface area contributed by atoms with E-state index >= 15 is 0 Å². The van der Waals surface area contributed by atoms with Crippen LogP contribution in [-0.4, -0.2) is 35.0 Å². The average Bonchev–Trinajstić information content (AvgIpc) is 2.11. The zero-order valence-corrected chi connectivity index (χ0v) is 10.5. The standard InChI is InChI=1S/C11H20N2O4/c1-11(2,3)13-10(17)12-7-8(14)5-4-6-9(15)16/h4-7H2,1-3H3,(H,15,16)(H2,12,13,17). The second-order valence-electron chi connectivity index (χ2n) is 4.84. The van der Waals surface area contributed by atoms with Crippen molar-refractivity contribution in [1.82, 2.24) is 10.6 Å². The molecule has 2 amide bonds. The number of rotatable bonds is 6. The van der Waals surface area contributed by atoms with Crippen molar-refractivity contribution in [1.29, 1.82) is 0 Å². The fraction of sp³-hybridized carbons (Fsp3) is 0.727. The Morgan fingerprint density at radius 3 is 2.18 bits per heavy atom. The lowest BCUT2D eigenvalue weighted by molar-refractivity contribution is -0.137. The van der Waals surface area contributed by atoms with Crippen LogP contribution in [0.25, 0.3) is 0 Å². The summed E-state index contributed by atoms with van der Waals surface area (Å²) in [4.78, 5) is 32.7. The Bertz CT molecular complexity index is 294. The van der Waals surface area contributed by atoms with Crippen LogP contribution in [0.4, 0.5) is 4.79 Å². The highest BCUT2D eigenvalue weighted by Gasteiger charge is 2.13. The van der Waals surface area contributed by atoms with Crippen LogP contribution in [-0.2, 0) is 9.59 Å². The molecule has 0 aromatic rings. The van der Waals surface area contributed by atoms with Crippen molar-refractivity contribution in [3.8, 4) is 0 Å². The summed E-state index contributed by atoms with van der Waals surface area (Å²) >= 11 is 0. The number of nitrogens with one attached hydrogen (secondary N) is 2. The number of hydrogen-bond donors (Lipinski definition) is 3. The molecule has 0 saturated carbocycles. The number of carbonyl (C=O) groups is 3. The van der Waals surface area contributed by atoms with Crippen molar-refractivity contribution >= 4 is 17.8 Å². The van der Waals surface area contributed by atoms with Crippen molar-refractivity contribution in [3.05, 3.63) is 0 Å². The van der Waals surface area contributed by atoms with E-state index in [1.54, 1.807) is 0 Å². The van der Waals surface area contributed by atoms with Gasteiger partial charge in [0.1, 0.15) is 0 Å². The third-order valence-corrected chi connectivity index (χ3v) is 1.78. The Kier molecular flexibility index (Phi) is 6.23. The molecule has 17 heavy (non-hydrogen) atoms. The topological polar surface area (TPSA) is 95.5 Å². The number of ketones is 1. The molecule has 0 aliphatic carbocycles. The van der Waals surface area contributed by atoms with Crippen LogP contribution in [0.5, 0.6) is 0 Å². The summed E-state index contributed by atoms with van der Waals surface area (Å²) in [5.41, 5.74) is -0.351. The van der Waals surface area contributed by atoms with Crippen molar-refractivity contribution in [2.45, 2.75) is 45.6 Å². The van der Waals surface area contributed by atoms with Gasteiger partial charge < -0.3 is 15.7 Å². The van der Waals surface area contributed by atoms with Gasteiger partial charge in [-0.1, -0.05) is 0 Å². The highest BCUT2D eigenvalue weighted by Crippen LogP contribution is 1.98. The molecule has 0 atom stereocenters. The summed E-state index contributed by atoms with van der Waals surface area (Å²) in [5, 5.41) is 13.5. The minimum absolute atomic E-state index is 0.0278. The molecule has 0 aromatic carbocycles. The average molecular weight is 244 g/mol. The van der Waals surface area contributed by atoms with Crippen LogP contribution in [0, 0.1) is 0 Å². The van der Waals surface area contributed by atoms with Gasteiger partial charge in [0.25, 0.3) is 0 Å². The first-order chi connectivity index (χ1) is 7.70. The monoisotopic (exact) mass is 244 g/mol. The molecule has 0 spiro atoms. The zero-order valence-electron chi connectivity index (χ0n) is 10.5. The molecule has 0 saturated heterocycles. The summed E-state index contributed by atoms with van der Waals surface area (Å²) < 4.78 is 0. The van der Waals surface area contributed by atoms with Crippen LogP contribution in [0.1, 0.15) is 40.0 Å². The van der Waals surface area contributed by atoms with Gasteiger partial charge in [0.2, 0.25) is 0 Å². The molecule has 0 rings (SSSR count). The third-order valence-electron chi connectivity index (χ3n) is 1.78. The largest absolute Gasteiger partial charge is 0.481 e. The summed E-state index contributed by atoms with van der Waals surface area (Å²) in [6.07, 6.45) is 0.443. The normalized spacial score (nSPS) is 10.8. The van der Waals surface area contributed by atoms with Gasteiger partial charge in [-0.2, -0.15) is 0 Å². The first kappa shape index (κ1) is 15.4. The van der Waals surface area contributed by atoms with Crippen molar-refractivity contribution < 1.29 is 19.5 Å². The van der Waals surface area contributed by atoms with E-state index in [-0.39, 0.29) is 30.7 Å². The van der Waals surface area contributed by atoms with Gasteiger partial charge in [-0.05, 0) is 27.2 Å². The van der Waals surface area contributed by atoms with E-state index in [0.717, 1.165) is 0 Å². The Morgan fingerprint density at radius 1 is 1.12 bits per heavy atom.